The zero-order chi connectivity index (χ0) is 23.1. The molecule has 3 aliphatic carbocycles. The monoisotopic (exact) mass is 451 g/mol. The molecule has 170 valence electrons. The largest absolute Gasteiger partial charge is 0.352 e. The van der Waals surface area contributed by atoms with Crippen LogP contribution in [-0.4, -0.2) is 20.6 Å². The number of nitrogens with zero attached hydrogens (tertiary/aromatic N) is 4. The van der Waals surface area contributed by atoms with Crippen molar-refractivity contribution in [2.45, 2.75) is 45.1 Å². The molecule has 1 aromatic heterocycles. The zero-order valence-electron chi connectivity index (χ0n) is 19.1. The van der Waals surface area contributed by atoms with E-state index in [9.17, 15) is 4.39 Å². The quantitative estimate of drug-likeness (QED) is 0.359. The van der Waals surface area contributed by atoms with Crippen LogP contribution in [0.5, 0.6) is 0 Å². The molecular formula is C28H26FN5. The van der Waals surface area contributed by atoms with Crippen LogP contribution in [0.15, 0.2) is 77.8 Å². The molecule has 0 amide bonds. The fourth-order valence-corrected chi connectivity index (χ4v) is 4.64. The first-order valence-electron chi connectivity index (χ1n) is 11.9. The van der Waals surface area contributed by atoms with Crippen molar-refractivity contribution in [2.75, 3.05) is 5.32 Å². The minimum atomic E-state index is -0.0778. The van der Waals surface area contributed by atoms with E-state index in [0.717, 1.165) is 63.3 Å². The summed E-state index contributed by atoms with van der Waals surface area (Å²) in [6.07, 6.45) is 11.7. The van der Waals surface area contributed by atoms with Gasteiger partial charge in [0.2, 0.25) is 0 Å². The summed E-state index contributed by atoms with van der Waals surface area (Å²) in [6.45, 7) is 2.03. The SMILES string of the molecule is Cc1cncc(Nc2cc3nc4ccccc4n(C4=CC=C(F)CC4)c-3cc2=NC2CCC2)c1. The number of pyridine rings is 1. The summed E-state index contributed by atoms with van der Waals surface area (Å²) >= 11 is 0. The highest BCUT2D eigenvalue weighted by atomic mass is 19.1. The lowest BCUT2D eigenvalue weighted by atomic mass is 9.94. The number of hydrogen-bond acceptors (Lipinski definition) is 4. The molecule has 6 rings (SSSR count). The van der Waals surface area contributed by atoms with Crippen molar-refractivity contribution in [3.63, 3.8) is 0 Å². The van der Waals surface area contributed by atoms with E-state index in [0.29, 0.717) is 18.9 Å². The predicted molar refractivity (Wildman–Crippen MR) is 135 cm³/mol. The molecular weight excluding hydrogens is 425 g/mol. The fraction of sp³-hybridized carbons (Fsp3) is 0.250. The number of aryl methyl sites for hydroxylation is 1. The molecule has 0 saturated heterocycles. The molecule has 2 aromatic rings. The lowest BCUT2D eigenvalue weighted by Gasteiger charge is -2.24. The summed E-state index contributed by atoms with van der Waals surface area (Å²) in [5.74, 6) is -0.0778. The van der Waals surface area contributed by atoms with Gasteiger partial charge in [-0.15, -0.1) is 0 Å². The third-order valence-corrected chi connectivity index (χ3v) is 6.61. The van der Waals surface area contributed by atoms with Gasteiger partial charge in [0.1, 0.15) is 5.83 Å². The van der Waals surface area contributed by atoms with Gasteiger partial charge in [-0.2, -0.15) is 0 Å². The molecule has 0 unspecified atom stereocenters. The van der Waals surface area contributed by atoms with Gasteiger partial charge in [0.25, 0.3) is 0 Å². The number of benzene rings is 2. The standard InChI is InChI=1S/C28H26FN5/c1-18-13-21(17-30-16-18)32-24-14-26-28(15-25(24)31-20-5-4-6-20)34(22-11-9-19(29)10-12-22)27-8-3-2-7-23(27)33-26/h2-3,7-9,11,13-17,20,32H,4-6,10,12H2,1H3. The Morgan fingerprint density at radius 1 is 1.06 bits per heavy atom. The molecule has 5 nitrogen and oxygen atoms in total. The second-order valence-corrected chi connectivity index (χ2v) is 9.16. The van der Waals surface area contributed by atoms with Crippen LogP contribution in [0.4, 0.5) is 15.8 Å². The van der Waals surface area contributed by atoms with Crippen molar-refractivity contribution in [3.05, 3.63) is 83.8 Å². The highest BCUT2D eigenvalue weighted by molar-refractivity contribution is 5.86. The first-order chi connectivity index (χ1) is 16.6. The molecule has 0 bridgehead atoms. The molecule has 1 fully saturated rings. The minimum Gasteiger partial charge on any atom is -0.352 e. The number of hydrogen-bond donors (Lipinski definition) is 1. The van der Waals surface area contributed by atoms with E-state index >= 15 is 0 Å². The first-order valence-corrected chi connectivity index (χ1v) is 11.9. The number of para-hydroxylation sites is 2. The van der Waals surface area contributed by atoms with Gasteiger partial charge in [0.05, 0.1) is 51.4 Å². The summed E-state index contributed by atoms with van der Waals surface area (Å²) in [5, 5.41) is 4.45. The predicted octanol–water partition coefficient (Wildman–Crippen LogP) is 6.53. The summed E-state index contributed by atoms with van der Waals surface area (Å²) < 4.78 is 16.0. The van der Waals surface area contributed by atoms with Crippen molar-refractivity contribution in [2.24, 2.45) is 4.99 Å². The molecule has 1 aromatic carbocycles. The molecule has 0 atom stereocenters. The highest BCUT2D eigenvalue weighted by Crippen LogP contribution is 2.34. The lowest BCUT2D eigenvalue weighted by molar-refractivity contribution is 0.413. The van der Waals surface area contributed by atoms with Gasteiger partial charge in [-0.25, -0.2) is 9.37 Å². The number of fused-ring (bicyclic) bond motifs is 2. The first kappa shape index (κ1) is 20.8. The lowest BCUT2D eigenvalue weighted by Crippen LogP contribution is -2.22. The second-order valence-electron chi connectivity index (χ2n) is 9.16. The summed E-state index contributed by atoms with van der Waals surface area (Å²) in [7, 11) is 0. The van der Waals surface area contributed by atoms with E-state index in [1.54, 1.807) is 6.08 Å². The Hall–Kier alpha value is -3.80. The Morgan fingerprint density at radius 3 is 2.71 bits per heavy atom. The highest BCUT2D eigenvalue weighted by Gasteiger charge is 2.21. The second kappa shape index (κ2) is 8.52. The van der Waals surface area contributed by atoms with Crippen LogP contribution in [0, 0.1) is 6.92 Å². The Balaban J connectivity index is 1.61. The van der Waals surface area contributed by atoms with Crippen LogP contribution in [0.2, 0.25) is 0 Å². The summed E-state index contributed by atoms with van der Waals surface area (Å²) in [5.41, 5.74) is 7.75. The van der Waals surface area contributed by atoms with E-state index < -0.39 is 0 Å². The number of allylic oxidation sites excluding steroid dienone is 4. The van der Waals surface area contributed by atoms with E-state index in [2.05, 4.69) is 39.1 Å². The minimum absolute atomic E-state index is 0.0778. The van der Waals surface area contributed by atoms with Crippen LogP contribution in [0.3, 0.4) is 0 Å². The Labute approximate surface area is 197 Å². The molecule has 1 aliphatic heterocycles. The van der Waals surface area contributed by atoms with Crippen molar-refractivity contribution >= 4 is 28.1 Å². The average Bonchev–Trinajstić information content (AvgIpc) is 2.81. The third-order valence-electron chi connectivity index (χ3n) is 6.61. The number of anilines is 2. The van der Waals surface area contributed by atoms with E-state index in [4.69, 9.17) is 9.98 Å². The number of rotatable bonds is 4. The van der Waals surface area contributed by atoms with Crippen LogP contribution in [0.1, 0.15) is 37.7 Å². The van der Waals surface area contributed by atoms with E-state index in [-0.39, 0.29) is 5.83 Å². The number of nitrogens with one attached hydrogen (secondary N) is 1. The van der Waals surface area contributed by atoms with Gasteiger partial charge in [0.15, 0.2) is 0 Å². The topological polar surface area (TPSA) is 55.1 Å². The van der Waals surface area contributed by atoms with Crippen molar-refractivity contribution < 1.29 is 4.39 Å². The average molecular weight is 452 g/mol. The zero-order valence-corrected chi connectivity index (χ0v) is 19.1. The maximum atomic E-state index is 13.8. The van der Waals surface area contributed by atoms with Gasteiger partial charge in [-0.05, 0) is 80.7 Å². The molecule has 2 heterocycles. The molecule has 6 heteroatoms. The smallest absolute Gasteiger partial charge is 0.100 e. The Morgan fingerprint density at radius 2 is 1.94 bits per heavy atom. The van der Waals surface area contributed by atoms with E-state index in [1.807, 2.05) is 43.6 Å². The van der Waals surface area contributed by atoms with Gasteiger partial charge in [0, 0.05) is 18.3 Å². The van der Waals surface area contributed by atoms with Crippen molar-refractivity contribution in [3.8, 4) is 11.4 Å². The molecule has 34 heavy (non-hydrogen) atoms. The van der Waals surface area contributed by atoms with Gasteiger partial charge in [-0.1, -0.05) is 12.1 Å². The van der Waals surface area contributed by atoms with E-state index in [1.165, 1.54) is 6.42 Å². The van der Waals surface area contributed by atoms with Crippen LogP contribution in [0.25, 0.3) is 28.1 Å². The van der Waals surface area contributed by atoms with Crippen LogP contribution in [-0.2, 0) is 0 Å². The Kier molecular flexibility index (Phi) is 5.21. The van der Waals surface area contributed by atoms with Crippen LogP contribution >= 0.6 is 0 Å². The number of halogens is 1. The maximum Gasteiger partial charge on any atom is 0.100 e. The molecule has 0 radical (unpaired) electrons. The van der Waals surface area contributed by atoms with Gasteiger partial charge >= 0.3 is 0 Å². The molecule has 1 N–H and O–H groups in total. The maximum absolute atomic E-state index is 13.8. The number of aromatic nitrogens is 3. The normalized spacial score (nSPS) is 16.9. The van der Waals surface area contributed by atoms with Crippen molar-refractivity contribution in [1.29, 1.82) is 0 Å². The van der Waals surface area contributed by atoms with Gasteiger partial charge in [-0.3, -0.25) is 9.98 Å². The Bertz CT molecular complexity index is 1490. The summed E-state index contributed by atoms with van der Waals surface area (Å²) in [6, 6.07) is 14.8. The van der Waals surface area contributed by atoms with Gasteiger partial charge < -0.3 is 9.88 Å². The molecule has 1 saturated carbocycles. The van der Waals surface area contributed by atoms with Crippen LogP contribution < -0.4 is 10.7 Å². The summed E-state index contributed by atoms with van der Waals surface area (Å²) in [4.78, 5) is 14.4. The third kappa shape index (κ3) is 3.89. The van der Waals surface area contributed by atoms with Crippen molar-refractivity contribution in [1.82, 2.24) is 14.5 Å². The molecule has 0 spiro atoms. The fourth-order valence-electron chi connectivity index (χ4n) is 4.64. The molecule has 4 aliphatic rings.